The Hall–Kier alpha value is -1.99. The number of carbonyl (C=O) groups excluding carboxylic acids is 3. The summed E-state index contributed by atoms with van der Waals surface area (Å²) in [6, 6.07) is -4.27. The molecular weight excluding hydrogens is 472 g/mol. The van der Waals surface area contributed by atoms with E-state index in [2.05, 4.69) is 16.0 Å². The van der Waals surface area contributed by atoms with Crippen molar-refractivity contribution in [3.8, 4) is 0 Å². The van der Waals surface area contributed by atoms with Crippen molar-refractivity contribution in [3.05, 3.63) is 0 Å². The Morgan fingerprint density at radius 2 is 1.33 bits per heavy atom. The van der Waals surface area contributed by atoms with Gasteiger partial charge in [-0.15, -0.1) is 0 Å². The fraction of sp³-hybridized carbons (Fsp3) is 0.750. The molecule has 0 bridgehead atoms. The summed E-state index contributed by atoms with van der Waals surface area (Å²) in [5.74, 6) is -3.58. The second kappa shape index (κ2) is 16.6. The Morgan fingerprint density at radius 3 is 1.82 bits per heavy atom. The average Bonchev–Trinajstić information content (AvgIpc) is 2.74. The predicted molar refractivity (Wildman–Crippen MR) is 129 cm³/mol. The molecule has 0 aliphatic rings. The summed E-state index contributed by atoms with van der Waals surface area (Å²) >= 11 is 2.95. The van der Waals surface area contributed by atoms with Gasteiger partial charge in [-0.1, -0.05) is 13.8 Å². The second-order valence-corrected chi connectivity index (χ2v) is 9.76. The standard InChI is InChI=1S/C20H36N4O7S2/c1-11(2)16(19(29)23-14(20(30)31)8-10-33-4)24-18(28)13(5-6-15(25)26)22-17(27)12(21)7-9-32-3/h11-14,16H,5-10,21H2,1-4H3,(H,22,27)(H,23,29)(H,24,28)(H,25,26)(H,30,31). The molecule has 7 N–H and O–H groups in total. The Bertz CT molecular complexity index is 679. The van der Waals surface area contributed by atoms with E-state index in [0.717, 1.165) is 0 Å². The van der Waals surface area contributed by atoms with Crippen LogP contribution in [0.2, 0.25) is 0 Å². The van der Waals surface area contributed by atoms with Crippen LogP contribution in [0, 0.1) is 5.92 Å². The maximum atomic E-state index is 12.9. The van der Waals surface area contributed by atoms with E-state index in [1.54, 1.807) is 13.8 Å². The van der Waals surface area contributed by atoms with Gasteiger partial charge in [0.25, 0.3) is 0 Å². The molecule has 4 atom stereocenters. The smallest absolute Gasteiger partial charge is 0.326 e. The van der Waals surface area contributed by atoms with Crippen LogP contribution in [-0.4, -0.2) is 88.1 Å². The Balaban J connectivity index is 5.39. The Morgan fingerprint density at radius 1 is 0.788 bits per heavy atom. The summed E-state index contributed by atoms with van der Waals surface area (Å²) in [5, 5.41) is 25.8. The topological polar surface area (TPSA) is 188 Å². The zero-order valence-electron chi connectivity index (χ0n) is 19.5. The van der Waals surface area contributed by atoms with Crippen molar-refractivity contribution < 1.29 is 34.2 Å². The van der Waals surface area contributed by atoms with Crippen molar-refractivity contribution in [3.63, 3.8) is 0 Å². The summed E-state index contributed by atoms with van der Waals surface area (Å²) in [6.07, 6.45) is 3.69. The molecule has 0 saturated carbocycles. The molecule has 0 aromatic heterocycles. The number of nitrogens with one attached hydrogen (secondary N) is 3. The number of hydrogen-bond acceptors (Lipinski definition) is 8. The first-order valence-corrected chi connectivity index (χ1v) is 13.3. The van der Waals surface area contributed by atoms with Gasteiger partial charge in [-0.3, -0.25) is 19.2 Å². The van der Waals surface area contributed by atoms with Crippen molar-refractivity contribution in [2.24, 2.45) is 11.7 Å². The van der Waals surface area contributed by atoms with Crippen molar-refractivity contribution in [2.75, 3.05) is 24.0 Å². The highest BCUT2D eigenvalue weighted by Crippen LogP contribution is 2.08. The molecule has 0 heterocycles. The third kappa shape index (κ3) is 12.7. The molecule has 0 radical (unpaired) electrons. The van der Waals surface area contributed by atoms with Crippen LogP contribution in [0.15, 0.2) is 0 Å². The lowest BCUT2D eigenvalue weighted by Gasteiger charge is -2.27. The van der Waals surface area contributed by atoms with Crippen LogP contribution in [0.5, 0.6) is 0 Å². The number of aliphatic carboxylic acids is 2. The summed E-state index contributed by atoms with van der Waals surface area (Å²) in [7, 11) is 0. The van der Waals surface area contributed by atoms with E-state index in [9.17, 15) is 29.1 Å². The van der Waals surface area contributed by atoms with Gasteiger partial charge in [0.15, 0.2) is 0 Å². The van der Waals surface area contributed by atoms with Crippen LogP contribution < -0.4 is 21.7 Å². The van der Waals surface area contributed by atoms with Crippen molar-refractivity contribution in [2.45, 2.75) is 63.7 Å². The minimum atomic E-state index is -1.21. The molecule has 0 aliphatic heterocycles. The average molecular weight is 509 g/mol. The first-order valence-electron chi connectivity index (χ1n) is 10.5. The van der Waals surface area contributed by atoms with E-state index in [1.807, 2.05) is 12.5 Å². The predicted octanol–water partition coefficient (Wildman–Crippen LogP) is -0.120. The van der Waals surface area contributed by atoms with Gasteiger partial charge in [-0.25, -0.2) is 4.79 Å². The molecular formula is C20H36N4O7S2. The molecule has 0 aromatic rings. The summed E-state index contributed by atoms with van der Waals surface area (Å²) in [6.45, 7) is 3.34. The van der Waals surface area contributed by atoms with Crippen LogP contribution in [0.4, 0.5) is 0 Å². The summed E-state index contributed by atoms with van der Waals surface area (Å²) in [5.41, 5.74) is 5.83. The van der Waals surface area contributed by atoms with Crippen LogP contribution in [0.25, 0.3) is 0 Å². The summed E-state index contributed by atoms with van der Waals surface area (Å²) in [4.78, 5) is 60.4. The molecule has 33 heavy (non-hydrogen) atoms. The van der Waals surface area contributed by atoms with Crippen LogP contribution >= 0.6 is 23.5 Å². The molecule has 4 unspecified atom stereocenters. The molecule has 0 aromatic carbocycles. The highest BCUT2D eigenvalue weighted by atomic mass is 32.2. The van der Waals surface area contributed by atoms with E-state index < -0.39 is 59.7 Å². The lowest BCUT2D eigenvalue weighted by atomic mass is 10.0. The third-order valence-electron chi connectivity index (χ3n) is 4.72. The van der Waals surface area contributed by atoms with Gasteiger partial charge in [0, 0.05) is 6.42 Å². The maximum Gasteiger partial charge on any atom is 0.326 e. The van der Waals surface area contributed by atoms with E-state index >= 15 is 0 Å². The number of rotatable bonds is 17. The third-order valence-corrected chi connectivity index (χ3v) is 6.01. The number of carboxylic acids is 2. The highest BCUT2D eigenvalue weighted by Gasteiger charge is 2.32. The molecule has 13 heteroatoms. The van der Waals surface area contributed by atoms with E-state index in [-0.39, 0.29) is 19.3 Å². The molecule has 190 valence electrons. The molecule has 0 spiro atoms. The number of nitrogens with two attached hydrogens (primary N) is 1. The van der Waals surface area contributed by atoms with Gasteiger partial charge < -0.3 is 31.9 Å². The number of carboxylic acid groups (broad SMARTS) is 2. The second-order valence-electron chi connectivity index (χ2n) is 7.79. The zero-order valence-corrected chi connectivity index (χ0v) is 21.1. The minimum Gasteiger partial charge on any atom is -0.481 e. The van der Waals surface area contributed by atoms with Crippen molar-refractivity contribution >= 4 is 53.2 Å². The normalized spacial score (nSPS) is 14.6. The first kappa shape index (κ1) is 31.0. The van der Waals surface area contributed by atoms with Crippen LogP contribution in [0.3, 0.4) is 0 Å². The summed E-state index contributed by atoms with van der Waals surface area (Å²) < 4.78 is 0. The van der Waals surface area contributed by atoms with Crippen LogP contribution in [0.1, 0.15) is 39.5 Å². The molecule has 0 fully saturated rings. The minimum absolute atomic E-state index is 0.194. The van der Waals surface area contributed by atoms with E-state index in [4.69, 9.17) is 10.8 Å². The number of amides is 3. The van der Waals surface area contributed by atoms with Gasteiger partial charge in [-0.2, -0.15) is 23.5 Å². The lowest BCUT2D eigenvalue weighted by Crippen LogP contribution is -2.58. The van der Waals surface area contributed by atoms with Crippen LogP contribution in [-0.2, 0) is 24.0 Å². The molecule has 3 amide bonds. The SMILES string of the molecule is CSCCC(N)C(=O)NC(CCC(=O)O)C(=O)NC(C(=O)NC(CCSC)C(=O)O)C(C)C. The first-order chi connectivity index (χ1) is 15.4. The van der Waals surface area contributed by atoms with E-state index in [1.165, 1.54) is 23.5 Å². The number of hydrogen-bond donors (Lipinski definition) is 6. The number of thioether (sulfide) groups is 2. The molecule has 0 aliphatic carbocycles. The Kier molecular flexibility index (Phi) is 15.6. The van der Waals surface area contributed by atoms with Crippen molar-refractivity contribution in [1.82, 2.24) is 16.0 Å². The molecule has 0 saturated heterocycles. The highest BCUT2D eigenvalue weighted by molar-refractivity contribution is 7.98. The van der Waals surface area contributed by atoms with Gasteiger partial charge in [-0.05, 0) is 49.2 Å². The van der Waals surface area contributed by atoms with Gasteiger partial charge in [0.2, 0.25) is 17.7 Å². The van der Waals surface area contributed by atoms with Gasteiger partial charge in [0.1, 0.15) is 18.1 Å². The zero-order chi connectivity index (χ0) is 25.6. The van der Waals surface area contributed by atoms with Gasteiger partial charge >= 0.3 is 11.9 Å². The lowest BCUT2D eigenvalue weighted by molar-refractivity contribution is -0.142. The van der Waals surface area contributed by atoms with Crippen molar-refractivity contribution in [1.29, 1.82) is 0 Å². The fourth-order valence-electron chi connectivity index (χ4n) is 2.73. The number of carbonyl (C=O) groups is 5. The maximum absolute atomic E-state index is 12.9. The molecule has 11 nitrogen and oxygen atoms in total. The van der Waals surface area contributed by atoms with E-state index in [0.29, 0.717) is 17.9 Å². The quantitative estimate of drug-likeness (QED) is 0.154. The fourth-order valence-corrected chi connectivity index (χ4v) is 3.70. The monoisotopic (exact) mass is 508 g/mol. The van der Waals surface area contributed by atoms with Gasteiger partial charge in [0.05, 0.1) is 6.04 Å². The molecule has 0 rings (SSSR count). The largest absolute Gasteiger partial charge is 0.481 e. The Labute approximate surface area is 202 Å².